The van der Waals surface area contributed by atoms with E-state index in [1.54, 1.807) is 0 Å². The third-order valence-corrected chi connectivity index (χ3v) is 2.63. The molecule has 0 radical (unpaired) electrons. The van der Waals surface area contributed by atoms with Crippen molar-refractivity contribution in [2.75, 3.05) is 11.5 Å². The van der Waals surface area contributed by atoms with Crippen LogP contribution in [0.1, 0.15) is 12.8 Å². The maximum Gasteiger partial charge on any atom is 0.123 e. The summed E-state index contributed by atoms with van der Waals surface area (Å²) in [7, 11) is 0. The molecule has 0 unspecified atom stereocenters. The molecule has 0 amide bonds. The van der Waals surface area contributed by atoms with Crippen LogP contribution >= 0.6 is 11.8 Å². The molecule has 1 fully saturated rings. The maximum atomic E-state index is 10.1. The number of thioether (sulfide) groups is 1. The predicted octanol–water partition coefficient (Wildman–Crippen LogP) is 1.33. The standard InChI is InChI=1S/C6H10OS/c7-4-6-2-1-3-8-5-6/h4,6H,1-3,5H2/t6-/m0/s1. The summed E-state index contributed by atoms with van der Waals surface area (Å²) in [5, 5.41) is 0. The van der Waals surface area contributed by atoms with Gasteiger partial charge in [0.25, 0.3) is 0 Å². The van der Waals surface area contributed by atoms with Gasteiger partial charge in [0, 0.05) is 11.7 Å². The number of hydrogen-bond donors (Lipinski definition) is 0. The van der Waals surface area contributed by atoms with Gasteiger partial charge >= 0.3 is 0 Å². The van der Waals surface area contributed by atoms with Gasteiger partial charge in [-0.1, -0.05) is 0 Å². The summed E-state index contributed by atoms with van der Waals surface area (Å²) in [5.41, 5.74) is 0. The average molecular weight is 130 g/mol. The van der Waals surface area contributed by atoms with E-state index in [4.69, 9.17) is 0 Å². The van der Waals surface area contributed by atoms with Crippen molar-refractivity contribution in [3.63, 3.8) is 0 Å². The lowest BCUT2D eigenvalue weighted by molar-refractivity contribution is -0.110. The lowest BCUT2D eigenvalue weighted by Gasteiger charge is -2.14. The molecular weight excluding hydrogens is 120 g/mol. The van der Waals surface area contributed by atoms with Gasteiger partial charge in [-0.3, -0.25) is 0 Å². The summed E-state index contributed by atoms with van der Waals surface area (Å²) in [5.74, 6) is 2.68. The van der Waals surface area contributed by atoms with Crippen molar-refractivity contribution < 1.29 is 4.79 Å². The van der Waals surface area contributed by atoms with Crippen LogP contribution in [0.25, 0.3) is 0 Å². The van der Waals surface area contributed by atoms with Gasteiger partial charge in [0.05, 0.1) is 0 Å². The molecule has 0 aromatic carbocycles. The van der Waals surface area contributed by atoms with Gasteiger partial charge in [-0.05, 0) is 18.6 Å². The van der Waals surface area contributed by atoms with Crippen LogP contribution in [0, 0.1) is 5.92 Å². The molecule has 2 heteroatoms. The van der Waals surface area contributed by atoms with Gasteiger partial charge in [0.2, 0.25) is 0 Å². The second-order valence-electron chi connectivity index (χ2n) is 2.11. The Hall–Kier alpha value is 0.0200. The number of rotatable bonds is 1. The van der Waals surface area contributed by atoms with Crippen LogP contribution in [0.15, 0.2) is 0 Å². The summed E-state index contributed by atoms with van der Waals surface area (Å²) in [6.45, 7) is 0. The Morgan fingerprint density at radius 1 is 1.62 bits per heavy atom. The van der Waals surface area contributed by atoms with Gasteiger partial charge in [0.1, 0.15) is 6.29 Å². The van der Waals surface area contributed by atoms with Crippen molar-refractivity contribution in [3.05, 3.63) is 0 Å². The van der Waals surface area contributed by atoms with E-state index in [0.29, 0.717) is 5.92 Å². The van der Waals surface area contributed by atoms with Crippen LogP contribution < -0.4 is 0 Å². The normalized spacial score (nSPS) is 29.8. The molecule has 1 atom stereocenters. The Balaban J connectivity index is 2.22. The van der Waals surface area contributed by atoms with E-state index in [0.717, 1.165) is 18.5 Å². The molecule has 1 rings (SSSR count). The Morgan fingerprint density at radius 3 is 2.88 bits per heavy atom. The third-order valence-electron chi connectivity index (χ3n) is 1.39. The molecule has 0 saturated carbocycles. The van der Waals surface area contributed by atoms with E-state index in [9.17, 15) is 4.79 Å². The van der Waals surface area contributed by atoms with Gasteiger partial charge in [-0.25, -0.2) is 0 Å². The summed E-state index contributed by atoms with van der Waals surface area (Å²) >= 11 is 1.90. The molecule has 0 N–H and O–H groups in total. The third kappa shape index (κ3) is 1.51. The second-order valence-corrected chi connectivity index (χ2v) is 3.26. The van der Waals surface area contributed by atoms with Gasteiger partial charge in [-0.2, -0.15) is 11.8 Å². The predicted molar refractivity (Wildman–Crippen MR) is 36.1 cm³/mol. The van der Waals surface area contributed by atoms with E-state index in [-0.39, 0.29) is 0 Å². The number of hydrogen-bond acceptors (Lipinski definition) is 2. The minimum Gasteiger partial charge on any atom is -0.303 e. The van der Waals surface area contributed by atoms with Crippen LogP contribution in [0.4, 0.5) is 0 Å². The van der Waals surface area contributed by atoms with Crippen LogP contribution in [-0.2, 0) is 4.79 Å². The molecule has 1 aliphatic rings. The van der Waals surface area contributed by atoms with Crippen molar-refractivity contribution in [1.82, 2.24) is 0 Å². The molecule has 0 aromatic rings. The molecule has 0 bridgehead atoms. The van der Waals surface area contributed by atoms with Crippen LogP contribution in [0.5, 0.6) is 0 Å². The van der Waals surface area contributed by atoms with Crippen molar-refractivity contribution in [2.24, 2.45) is 5.92 Å². The van der Waals surface area contributed by atoms with E-state index < -0.39 is 0 Å². The summed E-state index contributed by atoms with van der Waals surface area (Å²) in [6, 6.07) is 0. The summed E-state index contributed by atoms with van der Waals surface area (Å²) < 4.78 is 0. The smallest absolute Gasteiger partial charge is 0.123 e. The van der Waals surface area contributed by atoms with E-state index >= 15 is 0 Å². The van der Waals surface area contributed by atoms with Crippen molar-refractivity contribution in [3.8, 4) is 0 Å². The van der Waals surface area contributed by atoms with Gasteiger partial charge < -0.3 is 4.79 Å². The fourth-order valence-electron chi connectivity index (χ4n) is 0.873. The first-order valence-corrected chi connectivity index (χ1v) is 4.12. The van der Waals surface area contributed by atoms with Crippen LogP contribution in [0.2, 0.25) is 0 Å². The van der Waals surface area contributed by atoms with E-state index in [2.05, 4.69) is 0 Å². The highest BCUT2D eigenvalue weighted by Crippen LogP contribution is 2.20. The first kappa shape index (κ1) is 6.14. The largest absolute Gasteiger partial charge is 0.303 e. The van der Waals surface area contributed by atoms with Gasteiger partial charge in [0.15, 0.2) is 0 Å². The first-order valence-electron chi connectivity index (χ1n) is 2.96. The molecule has 8 heavy (non-hydrogen) atoms. The highest BCUT2D eigenvalue weighted by atomic mass is 32.2. The molecule has 0 spiro atoms. The number of carbonyl (C=O) groups is 1. The Kier molecular flexibility index (Phi) is 2.40. The van der Waals surface area contributed by atoms with Crippen LogP contribution in [-0.4, -0.2) is 17.8 Å². The highest BCUT2D eigenvalue weighted by Gasteiger charge is 2.10. The average Bonchev–Trinajstić information content (AvgIpc) is 1.90. The summed E-state index contributed by atoms with van der Waals surface area (Å²) in [4.78, 5) is 10.1. The number of aldehydes is 1. The summed E-state index contributed by atoms with van der Waals surface area (Å²) in [6.07, 6.45) is 3.44. The monoisotopic (exact) mass is 130 g/mol. The maximum absolute atomic E-state index is 10.1. The fourth-order valence-corrected chi connectivity index (χ4v) is 1.96. The Morgan fingerprint density at radius 2 is 2.50 bits per heavy atom. The molecule has 1 nitrogen and oxygen atoms in total. The van der Waals surface area contributed by atoms with Gasteiger partial charge in [-0.15, -0.1) is 0 Å². The topological polar surface area (TPSA) is 17.1 Å². The Bertz CT molecular complexity index is 76.6. The van der Waals surface area contributed by atoms with E-state index in [1.807, 2.05) is 11.8 Å². The zero-order valence-corrected chi connectivity index (χ0v) is 5.62. The highest BCUT2D eigenvalue weighted by molar-refractivity contribution is 7.99. The van der Waals surface area contributed by atoms with Crippen molar-refractivity contribution in [2.45, 2.75) is 12.8 Å². The second kappa shape index (κ2) is 3.13. The lowest BCUT2D eigenvalue weighted by Crippen LogP contribution is -2.10. The first-order chi connectivity index (χ1) is 3.93. The molecule has 1 heterocycles. The molecule has 0 aromatic heterocycles. The van der Waals surface area contributed by atoms with E-state index in [1.165, 1.54) is 12.2 Å². The van der Waals surface area contributed by atoms with Crippen molar-refractivity contribution in [1.29, 1.82) is 0 Å². The SMILES string of the molecule is O=C[C@@H]1CCCSC1. The van der Waals surface area contributed by atoms with Crippen LogP contribution in [0.3, 0.4) is 0 Å². The van der Waals surface area contributed by atoms with Crippen molar-refractivity contribution >= 4 is 18.0 Å². The minimum absolute atomic E-state index is 0.369. The number of carbonyl (C=O) groups excluding carboxylic acids is 1. The minimum atomic E-state index is 0.369. The zero-order valence-electron chi connectivity index (χ0n) is 4.80. The quantitative estimate of drug-likeness (QED) is 0.498. The molecule has 46 valence electrons. The fraction of sp³-hybridized carbons (Fsp3) is 0.833. The molecule has 1 saturated heterocycles. The molecule has 1 aliphatic heterocycles. The lowest BCUT2D eigenvalue weighted by atomic mass is 10.1. The molecule has 0 aliphatic carbocycles. The zero-order chi connectivity index (χ0) is 5.82. The Labute approximate surface area is 53.8 Å². The molecular formula is C6H10OS.